The van der Waals surface area contributed by atoms with E-state index in [1.165, 1.54) is 38.5 Å². The van der Waals surface area contributed by atoms with Crippen LogP contribution in [0.2, 0.25) is 0 Å². The minimum Gasteiger partial charge on any atom is -0.480 e. The van der Waals surface area contributed by atoms with Crippen LogP contribution in [0.25, 0.3) is 10.8 Å². The van der Waals surface area contributed by atoms with Gasteiger partial charge in [-0.25, -0.2) is 0 Å². The fraction of sp³-hybridized carbons (Fsp3) is 0.522. The van der Waals surface area contributed by atoms with Gasteiger partial charge in [0.1, 0.15) is 5.75 Å². The summed E-state index contributed by atoms with van der Waals surface area (Å²) >= 11 is 0. The van der Waals surface area contributed by atoms with Gasteiger partial charge in [0.15, 0.2) is 6.10 Å². The third-order valence-corrected chi connectivity index (χ3v) is 6.85. The number of hydrogen-bond donors (Lipinski definition) is 1. The Hall–Kier alpha value is -2.03. The van der Waals surface area contributed by atoms with Gasteiger partial charge in [-0.15, -0.1) is 0 Å². The minimum absolute atomic E-state index is 0.0416. The minimum atomic E-state index is -0.478. The highest BCUT2D eigenvalue weighted by atomic mass is 16.5. The average molecular weight is 349 g/mol. The third kappa shape index (κ3) is 2.78. The van der Waals surface area contributed by atoms with Crippen LogP contribution in [-0.4, -0.2) is 17.6 Å². The van der Waals surface area contributed by atoms with Gasteiger partial charge in [0, 0.05) is 10.9 Å². The summed E-state index contributed by atoms with van der Waals surface area (Å²) in [5, 5.41) is 5.63. The maximum atomic E-state index is 12.9. The monoisotopic (exact) mass is 349 g/mol. The number of carbonyl (C=O) groups excluding carboxylic acids is 1. The van der Waals surface area contributed by atoms with Gasteiger partial charge >= 0.3 is 0 Å². The second-order valence-corrected chi connectivity index (χ2v) is 8.92. The molecule has 0 heterocycles. The molecule has 6 rings (SSSR count). The van der Waals surface area contributed by atoms with Gasteiger partial charge in [0.2, 0.25) is 0 Å². The standard InChI is InChI=1S/C23H27NO2/c1-15(26-21-8-4-6-19-5-2-3-7-20(19)21)22(25)24-23-12-16-9-17(13-23)11-18(10-16)14-23/h2-8,15-18H,9-14H2,1H3,(H,24,25)/t15-,16?,17?,18?,23?/m1/s1. The Kier molecular flexibility index (Phi) is 3.73. The van der Waals surface area contributed by atoms with E-state index in [-0.39, 0.29) is 11.4 Å². The van der Waals surface area contributed by atoms with E-state index < -0.39 is 6.10 Å². The first-order valence-electron chi connectivity index (χ1n) is 10.1. The van der Waals surface area contributed by atoms with Crippen LogP contribution < -0.4 is 10.1 Å². The van der Waals surface area contributed by atoms with Crippen LogP contribution in [0.5, 0.6) is 5.75 Å². The van der Waals surface area contributed by atoms with Crippen molar-refractivity contribution in [3.05, 3.63) is 42.5 Å². The van der Waals surface area contributed by atoms with Crippen LogP contribution in [0.1, 0.15) is 45.4 Å². The zero-order chi connectivity index (χ0) is 17.7. The molecule has 4 saturated carbocycles. The Morgan fingerprint density at radius 3 is 2.31 bits per heavy atom. The van der Waals surface area contributed by atoms with E-state index in [9.17, 15) is 4.79 Å². The second kappa shape index (κ2) is 6.00. The van der Waals surface area contributed by atoms with Crippen molar-refractivity contribution in [2.75, 3.05) is 0 Å². The SMILES string of the molecule is C[C@@H](Oc1cccc2ccccc12)C(=O)NC12CC3CC(CC(C3)C1)C2. The quantitative estimate of drug-likeness (QED) is 0.869. The van der Waals surface area contributed by atoms with Crippen molar-refractivity contribution in [1.82, 2.24) is 5.32 Å². The fourth-order valence-electron chi connectivity index (χ4n) is 6.17. The molecule has 4 bridgehead atoms. The summed E-state index contributed by atoms with van der Waals surface area (Å²) in [5.41, 5.74) is 0.0439. The first kappa shape index (κ1) is 16.2. The van der Waals surface area contributed by atoms with Crippen LogP contribution in [0, 0.1) is 17.8 Å². The van der Waals surface area contributed by atoms with Gasteiger partial charge in [-0.05, 0) is 74.7 Å². The van der Waals surface area contributed by atoms with Crippen molar-refractivity contribution in [2.24, 2.45) is 17.8 Å². The molecule has 2 aromatic carbocycles. The summed E-state index contributed by atoms with van der Waals surface area (Å²) in [7, 11) is 0. The van der Waals surface area contributed by atoms with Crippen LogP contribution in [0.3, 0.4) is 0 Å². The third-order valence-electron chi connectivity index (χ3n) is 6.85. The van der Waals surface area contributed by atoms with E-state index in [0.717, 1.165) is 34.3 Å². The number of fused-ring (bicyclic) bond motifs is 1. The number of rotatable bonds is 4. The van der Waals surface area contributed by atoms with E-state index in [4.69, 9.17) is 4.74 Å². The largest absolute Gasteiger partial charge is 0.480 e. The average Bonchev–Trinajstić information content (AvgIpc) is 2.60. The van der Waals surface area contributed by atoms with Gasteiger partial charge in [-0.2, -0.15) is 0 Å². The first-order chi connectivity index (χ1) is 12.6. The predicted octanol–water partition coefficient (Wildman–Crippen LogP) is 4.69. The van der Waals surface area contributed by atoms with Crippen LogP contribution in [0.15, 0.2) is 42.5 Å². The predicted molar refractivity (Wildman–Crippen MR) is 103 cm³/mol. The molecular weight excluding hydrogens is 322 g/mol. The maximum absolute atomic E-state index is 12.9. The van der Waals surface area contributed by atoms with Crippen molar-refractivity contribution in [3.8, 4) is 5.75 Å². The van der Waals surface area contributed by atoms with Crippen LogP contribution in [-0.2, 0) is 4.79 Å². The fourth-order valence-corrected chi connectivity index (χ4v) is 6.17. The molecule has 0 aromatic heterocycles. The molecule has 0 spiro atoms. The highest BCUT2D eigenvalue weighted by Gasteiger charge is 2.51. The van der Waals surface area contributed by atoms with Crippen LogP contribution >= 0.6 is 0 Å². The molecule has 0 saturated heterocycles. The molecule has 0 radical (unpaired) electrons. The first-order valence-corrected chi connectivity index (χ1v) is 10.1. The molecule has 4 aliphatic rings. The summed E-state index contributed by atoms with van der Waals surface area (Å²) in [4.78, 5) is 12.9. The van der Waals surface area contributed by atoms with E-state index in [0.29, 0.717) is 0 Å². The number of carbonyl (C=O) groups is 1. The van der Waals surface area contributed by atoms with Crippen molar-refractivity contribution in [2.45, 2.75) is 57.1 Å². The van der Waals surface area contributed by atoms with Gasteiger partial charge in [0.25, 0.3) is 5.91 Å². The summed E-state index contributed by atoms with van der Waals surface area (Å²) < 4.78 is 6.09. The lowest BCUT2D eigenvalue weighted by Crippen LogP contribution is -2.61. The van der Waals surface area contributed by atoms with Crippen molar-refractivity contribution in [1.29, 1.82) is 0 Å². The lowest BCUT2D eigenvalue weighted by Gasteiger charge is -2.57. The Balaban J connectivity index is 1.31. The smallest absolute Gasteiger partial charge is 0.261 e. The normalized spacial score (nSPS) is 33.2. The van der Waals surface area contributed by atoms with E-state index in [1.54, 1.807) is 0 Å². The van der Waals surface area contributed by atoms with E-state index in [2.05, 4.69) is 17.4 Å². The molecule has 0 unspecified atom stereocenters. The van der Waals surface area contributed by atoms with Crippen molar-refractivity contribution >= 4 is 16.7 Å². The molecule has 4 fully saturated rings. The maximum Gasteiger partial charge on any atom is 0.261 e. The number of ether oxygens (including phenoxy) is 1. The highest BCUT2D eigenvalue weighted by molar-refractivity contribution is 5.89. The topological polar surface area (TPSA) is 38.3 Å². The summed E-state index contributed by atoms with van der Waals surface area (Å²) in [6.07, 6.45) is 7.20. The molecule has 3 nitrogen and oxygen atoms in total. The Labute approximate surface area is 155 Å². The number of benzene rings is 2. The molecule has 26 heavy (non-hydrogen) atoms. The summed E-state index contributed by atoms with van der Waals surface area (Å²) in [6, 6.07) is 14.2. The lowest BCUT2D eigenvalue weighted by atomic mass is 9.53. The summed E-state index contributed by atoms with van der Waals surface area (Å²) in [6.45, 7) is 1.87. The molecule has 4 aliphatic carbocycles. The number of nitrogens with one attached hydrogen (secondary N) is 1. The highest BCUT2D eigenvalue weighted by Crippen LogP contribution is 2.55. The number of hydrogen-bond acceptors (Lipinski definition) is 2. The molecule has 2 aromatic rings. The van der Waals surface area contributed by atoms with Crippen molar-refractivity contribution in [3.63, 3.8) is 0 Å². The number of amides is 1. The lowest BCUT2D eigenvalue weighted by molar-refractivity contribution is -0.133. The zero-order valence-corrected chi connectivity index (χ0v) is 15.4. The Morgan fingerprint density at radius 2 is 1.62 bits per heavy atom. The van der Waals surface area contributed by atoms with Gasteiger partial charge in [-0.1, -0.05) is 36.4 Å². The van der Waals surface area contributed by atoms with Crippen LogP contribution in [0.4, 0.5) is 0 Å². The Bertz CT molecular complexity index is 802. The van der Waals surface area contributed by atoms with E-state index >= 15 is 0 Å². The van der Waals surface area contributed by atoms with E-state index in [1.807, 2.05) is 37.3 Å². The Morgan fingerprint density at radius 1 is 1.00 bits per heavy atom. The second-order valence-electron chi connectivity index (χ2n) is 8.92. The van der Waals surface area contributed by atoms with Gasteiger partial charge in [-0.3, -0.25) is 4.79 Å². The molecule has 1 amide bonds. The zero-order valence-electron chi connectivity index (χ0n) is 15.4. The molecule has 1 atom stereocenters. The molecule has 3 heteroatoms. The van der Waals surface area contributed by atoms with Gasteiger partial charge < -0.3 is 10.1 Å². The molecule has 136 valence electrons. The van der Waals surface area contributed by atoms with Crippen molar-refractivity contribution < 1.29 is 9.53 Å². The molecule has 0 aliphatic heterocycles. The molecule has 1 N–H and O–H groups in total. The molecular formula is C23H27NO2. The summed E-state index contributed by atoms with van der Waals surface area (Å²) in [5.74, 6) is 3.32. The van der Waals surface area contributed by atoms with Gasteiger partial charge in [0.05, 0.1) is 0 Å².